The van der Waals surface area contributed by atoms with Crippen molar-refractivity contribution in [2.24, 2.45) is 0 Å². The molecule has 30 heavy (non-hydrogen) atoms. The number of hydrogen-bond donors (Lipinski definition) is 0. The first-order chi connectivity index (χ1) is 14.5. The van der Waals surface area contributed by atoms with Crippen LogP contribution in [0.4, 0.5) is 0 Å². The van der Waals surface area contributed by atoms with Crippen LogP contribution in [-0.4, -0.2) is 40.8 Å². The zero-order valence-electron chi connectivity index (χ0n) is 18.2. The molecule has 158 valence electrons. The average Bonchev–Trinajstić information content (AvgIpc) is 2.98. The predicted octanol–water partition coefficient (Wildman–Crippen LogP) is 4.49. The van der Waals surface area contributed by atoms with Crippen molar-refractivity contribution in [1.82, 2.24) is 9.80 Å². The number of likely N-dealkylation sites (N-methyl/N-ethyl adjacent to an activating group) is 1. The van der Waals surface area contributed by atoms with Gasteiger partial charge in [-0.3, -0.25) is 14.5 Å². The summed E-state index contributed by atoms with van der Waals surface area (Å²) in [7, 11) is 0. The SMILES string of the molecule is CCCN1C(=O)C(c2ccc(OC(C)C)cc2)=C(N(CC)Cc2ccccc2)C1=O. The largest absolute Gasteiger partial charge is 0.491 e. The second-order valence-corrected chi connectivity index (χ2v) is 7.68. The molecule has 3 rings (SSSR count). The zero-order valence-corrected chi connectivity index (χ0v) is 18.2. The molecule has 2 aromatic carbocycles. The van der Waals surface area contributed by atoms with Crippen molar-refractivity contribution >= 4 is 17.4 Å². The molecule has 0 unspecified atom stereocenters. The van der Waals surface area contributed by atoms with E-state index in [-0.39, 0.29) is 17.9 Å². The molecule has 0 aliphatic carbocycles. The molecule has 0 fully saturated rings. The third-order valence-corrected chi connectivity index (χ3v) is 5.02. The van der Waals surface area contributed by atoms with E-state index >= 15 is 0 Å². The van der Waals surface area contributed by atoms with Gasteiger partial charge in [-0.05, 0) is 50.5 Å². The molecular weight excluding hydrogens is 376 g/mol. The molecule has 0 aromatic heterocycles. The minimum Gasteiger partial charge on any atom is -0.491 e. The molecule has 2 amide bonds. The van der Waals surface area contributed by atoms with Crippen molar-refractivity contribution < 1.29 is 14.3 Å². The number of rotatable bonds is 9. The monoisotopic (exact) mass is 406 g/mol. The average molecular weight is 407 g/mol. The van der Waals surface area contributed by atoms with Gasteiger partial charge in [0.15, 0.2) is 0 Å². The van der Waals surface area contributed by atoms with Gasteiger partial charge in [-0.2, -0.15) is 0 Å². The van der Waals surface area contributed by atoms with E-state index in [9.17, 15) is 9.59 Å². The van der Waals surface area contributed by atoms with Crippen molar-refractivity contribution in [2.45, 2.75) is 46.8 Å². The van der Waals surface area contributed by atoms with Crippen LogP contribution >= 0.6 is 0 Å². The van der Waals surface area contributed by atoms with Crippen molar-refractivity contribution in [3.63, 3.8) is 0 Å². The van der Waals surface area contributed by atoms with Crippen molar-refractivity contribution in [2.75, 3.05) is 13.1 Å². The summed E-state index contributed by atoms with van der Waals surface area (Å²) < 4.78 is 5.73. The van der Waals surface area contributed by atoms with Gasteiger partial charge in [-0.15, -0.1) is 0 Å². The van der Waals surface area contributed by atoms with E-state index in [4.69, 9.17) is 4.74 Å². The Balaban J connectivity index is 2.03. The van der Waals surface area contributed by atoms with Crippen molar-refractivity contribution in [1.29, 1.82) is 0 Å². The fourth-order valence-electron chi connectivity index (χ4n) is 3.67. The van der Waals surface area contributed by atoms with Crippen LogP contribution in [0.15, 0.2) is 60.3 Å². The quantitative estimate of drug-likeness (QED) is 0.576. The standard InChI is InChI=1S/C25H30N2O3/c1-5-16-27-24(28)22(20-12-14-21(15-13-20)30-18(3)4)23(25(27)29)26(6-2)17-19-10-8-7-9-11-19/h7-15,18H,5-6,16-17H2,1-4H3. The zero-order chi connectivity index (χ0) is 21.7. The second kappa shape index (κ2) is 9.61. The Morgan fingerprint density at radius 2 is 1.60 bits per heavy atom. The van der Waals surface area contributed by atoms with E-state index in [1.807, 2.05) is 87.2 Å². The topological polar surface area (TPSA) is 49.9 Å². The first kappa shape index (κ1) is 21.6. The number of carbonyl (C=O) groups excluding carboxylic acids is 2. The molecule has 0 atom stereocenters. The molecule has 1 aliphatic heterocycles. The fourth-order valence-corrected chi connectivity index (χ4v) is 3.67. The number of carbonyl (C=O) groups is 2. The number of nitrogens with zero attached hydrogens (tertiary/aromatic N) is 2. The Morgan fingerprint density at radius 3 is 2.17 bits per heavy atom. The van der Waals surface area contributed by atoms with Gasteiger partial charge < -0.3 is 9.64 Å². The van der Waals surface area contributed by atoms with Crippen molar-refractivity contribution in [3.8, 4) is 5.75 Å². The van der Waals surface area contributed by atoms with Crippen LogP contribution in [-0.2, 0) is 16.1 Å². The normalized spacial score (nSPS) is 14.1. The molecule has 2 aromatic rings. The minimum absolute atomic E-state index is 0.0711. The van der Waals surface area contributed by atoms with Gasteiger partial charge in [-0.1, -0.05) is 49.4 Å². The molecule has 1 heterocycles. The molecule has 0 bridgehead atoms. The smallest absolute Gasteiger partial charge is 0.277 e. The van der Waals surface area contributed by atoms with Gasteiger partial charge in [0.1, 0.15) is 11.4 Å². The maximum atomic E-state index is 13.3. The fraction of sp³-hybridized carbons (Fsp3) is 0.360. The Kier molecular flexibility index (Phi) is 6.93. The molecule has 5 heteroatoms. The van der Waals surface area contributed by atoms with E-state index in [0.29, 0.717) is 30.9 Å². The minimum atomic E-state index is -0.221. The maximum absolute atomic E-state index is 13.3. The van der Waals surface area contributed by atoms with Gasteiger partial charge >= 0.3 is 0 Å². The molecule has 0 saturated carbocycles. The Labute approximate surface area is 178 Å². The summed E-state index contributed by atoms with van der Waals surface area (Å²) in [6.07, 6.45) is 0.797. The van der Waals surface area contributed by atoms with E-state index < -0.39 is 0 Å². The van der Waals surface area contributed by atoms with E-state index in [1.165, 1.54) is 4.90 Å². The van der Waals surface area contributed by atoms with Crippen LogP contribution in [0, 0.1) is 0 Å². The molecule has 0 saturated heterocycles. The third-order valence-electron chi connectivity index (χ3n) is 5.02. The van der Waals surface area contributed by atoms with Crippen molar-refractivity contribution in [3.05, 3.63) is 71.4 Å². The molecular formula is C25H30N2O3. The summed E-state index contributed by atoms with van der Waals surface area (Å²) in [5.41, 5.74) is 2.80. The highest BCUT2D eigenvalue weighted by molar-refractivity contribution is 6.35. The summed E-state index contributed by atoms with van der Waals surface area (Å²) in [4.78, 5) is 29.9. The summed E-state index contributed by atoms with van der Waals surface area (Å²) in [6.45, 7) is 9.54. The molecule has 0 radical (unpaired) electrons. The van der Waals surface area contributed by atoms with Gasteiger partial charge in [0.2, 0.25) is 0 Å². The summed E-state index contributed by atoms with van der Waals surface area (Å²) >= 11 is 0. The lowest BCUT2D eigenvalue weighted by Gasteiger charge is -2.25. The van der Waals surface area contributed by atoms with Gasteiger partial charge in [0, 0.05) is 19.6 Å². The van der Waals surface area contributed by atoms with Crippen LogP contribution < -0.4 is 4.74 Å². The summed E-state index contributed by atoms with van der Waals surface area (Å²) in [5.74, 6) is 0.313. The molecule has 1 aliphatic rings. The first-order valence-corrected chi connectivity index (χ1v) is 10.6. The van der Waals surface area contributed by atoms with Crippen LogP contribution in [0.25, 0.3) is 5.57 Å². The number of benzene rings is 2. The van der Waals surface area contributed by atoms with E-state index in [0.717, 1.165) is 23.3 Å². The van der Waals surface area contributed by atoms with E-state index in [1.54, 1.807) is 0 Å². The number of amides is 2. The van der Waals surface area contributed by atoms with Crippen LogP contribution in [0.3, 0.4) is 0 Å². The predicted molar refractivity (Wildman–Crippen MR) is 119 cm³/mol. The summed E-state index contributed by atoms with van der Waals surface area (Å²) in [5, 5.41) is 0. The van der Waals surface area contributed by atoms with Gasteiger partial charge in [-0.25, -0.2) is 0 Å². The molecule has 0 N–H and O–H groups in total. The lowest BCUT2D eigenvalue weighted by molar-refractivity contribution is -0.137. The molecule has 0 spiro atoms. The van der Waals surface area contributed by atoms with Gasteiger partial charge in [0.05, 0.1) is 11.7 Å². The highest BCUT2D eigenvalue weighted by Crippen LogP contribution is 2.33. The first-order valence-electron chi connectivity index (χ1n) is 10.6. The van der Waals surface area contributed by atoms with E-state index in [2.05, 4.69) is 0 Å². The summed E-state index contributed by atoms with van der Waals surface area (Å²) in [6, 6.07) is 17.4. The highest BCUT2D eigenvalue weighted by atomic mass is 16.5. The van der Waals surface area contributed by atoms with Crippen LogP contribution in [0.5, 0.6) is 5.75 Å². The Bertz CT molecular complexity index is 917. The maximum Gasteiger partial charge on any atom is 0.277 e. The number of ether oxygens (including phenoxy) is 1. The van der Waals surface area contributed by atoms with Crippen LogP contribution in [0.1, 0.15) is 45.2 Å². The highest BCUT2D eigenvalue weighted by Gasteiger charge is 2.40. The third kappa shape index (κ3) is 4.56. The Hall–Kier alpha value is -3.08. The second-order valence-electron chi connectivity index (χ2n) is 7.68. The van der Waals surface area contributed by atoms with Crippen LogP contribution in [0.2, 0.25) is 0 Å². The molecule has 5 nitrogen and oxygen atoms in total. The lowest BCUT2D eigenvalue weighted by atomic mass is 10.0. The Morgan fingerprint density at radius 1 is 0.933 bits per heavy atom. The lowest BCUT2D eigenvalue weighted by Crippen LogP contribution is -2.35. The van der Waals surface area contributed by atoms with Gasteiger partial charge in [0.25, 0.3) is 11.8 Å². The number of imide groups is 1. The number of hydrogen-bond acceptors (Lipinski definition) is 4.